The highest BCUT2D eigenvalue weighted by atomic mass is 32.1. The Bertz CT molecular complexity index is 392. The molecule has 0 amide bonds. The van der Waals surface area contributed by atoms with E-state index < -0.39 is 0 Å². The molecule has 2 heterocycles. The molecule has 1 aromatic heterocycles. The molecule has 2 nitrogen and oxygen atoms in total. The molecule has 1 saturated heterocycles. The van der Waals surface area contributed by atoms with Gasteiger partial charge in [0.15, 0.2) is 5.13 Å². The molecule has 78 valence electrons. The zero-order valence-corrected chi connectivity index (χ0v) is 9.41. The van der Waals surface area contributed by atoms with Gasteiger partial charge in [0.25, 0.3) is 0 Å². The van der Waals surface area contributed by atoms with Crippen LogP contribution in [-0.4, -0.2) is 11.5 Å². The van der Waals surface area contributed by atoms with Gasteiger partial charge in [0.2, 0.25) is 0 Å². The predicted octanol–water partition coefficient (Wildman–Crippen LogP) is 3.20. The quantitative estimate of drug-likeness (QED) is 0.719. The van der Waals surface area contributed by atoms with Crippen molar-refractivity contribution in [2.24, 2.45) is 5.92 Å². The van der Waals surface area contributed by atoms with E-state index in [0.717, 1.165) is 17.6 Å². The number of thiazole rings is 1. The van der Waals surface area contributed by atoms with Gasteiger partial charge in [0.1, 0.15) is 0 Å². The average molecular weight is 218 g/mol. The molecule has 0 spiro atoms. The third kappa shape index (κ3) is 1.61. The first-order valence-corrected chi connectivity index (χ1v) is 6.37. The van der Waals surface area contributed by atoms with Gasteiger partial charge in [-0.1, -0.05) is 12.2 Å². The van der Waals surface area contributed by atoms with Crippen molar-refractivity contribution in [2.75, 3.05) is 11.4 Å². The summed E-state index contributed by atoms with van der Waals surface area (Å²) in [5, 5.41) is 3.21. The fraction of sp³-hybridized carbons (Fsp3) is 0.417. The van der Waals surface area contributed by atoms with Gasteiger partial charge in [-0.2, -0.15) is 0 Å². The first kappa shape index (κ1) is 9.16. The number of rotatable bonds is 1. The monoisotopic (exact) mass is 218 g/mol. The Morgan fingerprint density at radius 3 is 3.33 bits per heavy atom. The summed E-state index contributed by atoms with van der Waals surface area (Å²) < 4.78 is 0. The minimum atomic E-state index is 0.729. The van der Waals surface area contributed by atoms with Crippen LogP contribution in [-0.2, 0) is 0 Å². The molecule has 0 aromatic carbocycles. The second-order valence-corrected chi connectivity index (χ2v) is 4.93. The van der Waals surface area contributed by atoms with Crippen LogP contribution < -0.4 is 4.90 Å². The van der Waals surface area contributed by atoms with E-state index in [0.29, 0.717) is 0 Å². The van der Waals surface area contributed by atoms with E-state index in [1.165, 1.54) is 25.0 Å². The van der Waals surface area contributed by atoms with E-state index in [1.807, 2.05) is 6.20 Å². The standard InChI is InChI=1S/C12H14N2S/c1-2-6-11-10(4-1)5-3-8-14(11)12-13-7-9-15-12/h1-2,6-7,9-10H,3-5,8H2. The third-order valence-corrected chi connectivity index (χ3v) is 3.93. The number of anilines is 1. The maximum atomic E-state index is 4.41. The van der Waals surface area contributed by atoms with Gasteiger partial charge in [0.05, 0.1) is 0 Å². The van der Waals surface area contributed by atoms with Crippen molar-refractivity contribution in [2.45, 2.75) is 19.3 Å². The van der Waals surface area contributed by atoms with E-state index in [-0.39, 0.29) is 0 Å². The summed E-state index contributed by atoms with van der Waals surface area (Å²) >= 11 is 1.74. The second kappa shape index (κ2) is 3.81. The summed E-state index contributed by atoms with van der Waals surface area (Å²) in [5.41, 5.74) is 1.47. The predicted molar refractivity (Wildman–Crippen MR) is 64.0 cm³/mol. The number of hydrogen-bond donors (Lipinski definition) is 0. The van der Waals surface area contributed by atoms with E-state index >= 15 is 0 Å². The normalized spacial score (nSPS) is 24.9. The van der Waals surface area contributed by atoms with Gasteiger partial charge >= 0.3 is 0 Å². The van der Waals surface area contributed by atoms with Crippen LogP contribution in [0.15, 0.2) is 35.5 Å². The third-order valence-electron chi connectivity index (χ3n) is 3.14. The largest absolute Gasteiger partial charge is 0.321 e. The number of allylic oxidation sites excluding steroid dienone is 4. The maximum absolute atomic E-state index is 4.41. The Kier molecular flexibility index (Phi) is 2.33. The van der Waals surface area contributed by atoms with Crippen molar-refractivity contribution < 1.29 is 0 Å². The molecule has 0 N–H and O–H groups in total. The van der Waals surface area contributed by atoms with E-state index in [9.17, 15) is 0 Å². The Balaban J connectivity index is 1.94. The van der Waals surface area contributed by atoms with Crippen LogP contribution in [0.5, 0.6) is 0 Å². The highest BCUT2D eigenvalue weighted by molar-refractivity contribution is 7.13. The Morgan fingerprint density at radius 1 is 1.47 bits per heavy atom. The molecular formula is C12H14N2S. The van der Waals surface area contributed by atoms with Crippen LogP contribution >= 0.6 is 11.3 Å². The minimum absolute atomic E-state index is 0.729. The molecule has 0 bridgehead atoms. The molecular weight excluding hydrogens is 204 g/mol. The fourth-order valence-corrected chi connectivity index (χ4v) is 3.11. The Morgan fingerprint density at radius 2 is 2.47 bits per heavy atom. The van der Waals surface area contributed by atoms with E-state index in [1.54, 1.807) is 11.3 Å². The maximum Gasteiger partial charge on any atom is 0.189 e. The summed E-state index contributed by atoms with van der Waals surface area (Å²) in [7, 11) is 0. The summed E-state index contributed by atoms with van der Waals surface area (Å²) in [6, 6.07) is 0. The molecule has 0 radical (unpaired) electrons. The van der Waals surface area contributed by atoms with Crippen LogP contribution in [0.25, 0.3) is 0 Å². The second-order valence-electron chi connectivity index (χ2n) is 4.06. The lowest BCUT2D eigenvalue weighted by molar-refractivity contribution is 0.475. The van der Waals surface area contributed by atoms with Gasteiger partial charge in [-0.3, -0.25) is 0 Å². The van der Waals surface area contributed by atoms with Crippen LogP contribution in [0.4, 0.5) is 5.13 Å². The number of nitrogens with zero attached hydrogens (tertiary/aromatic N) is 2. The average Bonchev–Trinajstić information content (AvgIpc) is 2.82. The van der Waals surface area contributed by atoms with Crippen molar-refractivity contribution in [1.29, 1.82) is 0 Å². The molecule has 1 atom stereocenters. The van der Waals surface area contributed by atoms with Crippen LogP contribution in [0, 0.1) is 5.92 Å². The molecule has 1 aromatic rings. The number of piperidine rings is 1. The van der Waals surface area contributed by atoms with Crippen molar-refractivity contribution in [3.05, 3.63) is 35.5 Å². The van der Waals surface area contributed by atoms with Gasteiger partial charge in [-0.25, -0.2) is 4.98 Å². The highest BCUT2D eigenvalue weighted by Crippen LogP contribution is 2.36. The molecule has 1 aliphatic carbocycles. The van der Waals surface area contributed by atoms with Crippen LogP contribution in [0.1, 0.15) is 19.3 Å². The zero-order chi connectivity index (χ0) is 10.1. The van der Waals surface area contributed by atoms with Gasteiger partial charge in [0, 0.05) is 29.7 Å². The SMILES string of the molecule is C1=CCC2CCCN(c3nccs3)C2=C1. The lowest BCUT2D eigenvalue weighted by Gasteiger charge is -2.36. The zero-order valence-electron chi connectivity index (χ0n) is 8.60. The summed E-state index contributed by atoms with van der Waals surface area (Å²) in [4.78, 5) is 6.80. The molecule has 1 fully saturated rings. The van der Waals surface area contributed by atoms with E-state index in [4.69, 9.17) is 0 Å². The highest BCUT2D eigenvalue weighted by Gasteiger charge is 2.27. The fourth-order valence-electron chi connectivity index (χ4n) is 2.42. The van der Waals surface area contributed by atoms with Crippen molar-refractivity contribution >= 4 is 16.5 Å². The Labute approximate surface area is 93.9 Å². The Hall–Kier alpha value is -1.09. The number of hydrogen-bond acceptors (Lipinski definition) is 3. The lowest BCUT2D eigenvalue weighted by Crippen LogP contribution is -2.33. The molecule has 3 rings (SSSR count). The topological polar surface area (TPSA) is 16.1 Å². The number of fused-ring (bicyclic) bond motifs is 1. The van der Waals surface area contributed by atoms with Crippen molar-refractivity contribution in [1.82, 2.24) is 4.98 Å². The summed E-state index contributed by atoms with van der Waals surface area (Å²) in [6.45, 7) is 1.13. The smallest absolute Gasteiger partial charge is 0.189 e. The molecule has 3 heteroatoms. The van der Waals surface area contributed by atoms with Gasteiger partial charge < -0.3 is 4.90 Å². The first-order valence-electron chi connectivity index (χ1n) is 5.49. The van der Waals surface area contributed by atoms with Gasteiger partial charge in [-0.05, 0) is 25.3 Å². The van der Waals surface area contributed by atoms with Crippen molar-refractivity contribution in [3.8, 4) is 0 Å². The molecule has 2 aliphatic rings. The van der Waals surface area contributed by atoms with Gasteiger partial charge in [-0.15, -0.1) is 11.3 Å². The summed E-state index contributed by atoms with van der Waals surface area (Å²) in [5.74, 6) is 0.729. The van der Waals surface area contributed by atoms with Crippen LogP contribution in [0.3, 0.4) is 0 Å². The molecule has 1 unspecified atom stereocenters. The minimum Gasteiger partial charge on any atom is -0.321 e. The number of aromatic nitrogens is 1. The van der Waals surface area contributed by atoms with Crippen LogP contribution in [0.2, 0.25) is 0 Å². The first-order chi connectivity index (χ1) is 7.45. The molecule has 0 saturated carbocycles. The summed E-state index contributed by atoms with van der Waals surface area (Å²) in [6.07, 6.45) is 12.4. The molecule has 15 heavy (non-hydrogen) atoms. The van der Waals surface area contributed by atoms with Crippen molar-refractivity contribution in [3.63, 3.8) is 0 Å². The molecule has 1 aliphatic heterocycles. The van der Waals surface area contributed by atoms with E-state index in [2.05, 4.69) is 33.5 Å². The lowest BCUT2D eigenvalue weighted by atomic mass is 9.88.